The normalized spacial score (nSPS) is 28.2. The Morgan fingerprint density at radius 2 is 1.93 bits per heavy atom. The Morgan fingerprint density at radius 1 is 1.10 bits per heavy atom. The molecule has 0 saturated carbocycles. The molecule has 0 spiro atoms. The molecule has 5 rings (SSSR count). The number of nitrogens with zero attached hydrogens (tertiary/aromatic N) is 2. The highest BCUT2D eigenvalue weighted by atomic mass is 16.6. The van der Waals surface area contributed by atoms with Gasteiger partial charge in [0, 0.05) is 5.56 Å². The number of aliphatic hydroxyl groups is 4. The van der Waals surface area contributed by atoms with Crippen LogP contribution in [0.15, 0.2) is 36.5 Å². The zero-order chi connectivity index (χ0) is 21.0. The van der Waals surface area contributed by atoms with Crippen LogP contribution in [-0.2, 0) is 17.6 Å². The van der Waals surface area contributed by atoms with E-state index >= 15 is 0 Å². The van der Waals surface area contributed by atoms with E-state index in [-0.39, 0.29) is 0 Å². The van der Waals surface area contributed by atoms with Crippen LogP contribution in [0.2, 0.25) is 0 Å². The van der Waals surface area contributed by atoms with E-state index in [1.165, 1.54) is 5.56 Å². The summed E-state index contributed by atoms with van der Waals surface area (Å²) in [7, 11) is 1.64. The number of aliphatic hydroxyl groups excluding tert-OH is 4. The number of benzene rings is 2. The molecule has 0 bridgehead atoms. The van der Waals surface area contributed by atoms with Crippen LogP contribution in [0, 0.1) is 0 Å². The van der Waals surface area contributed by atoms with Crippen LogP contribution in [0.1, 0.15) is 17.4 Å². The van der Waals surface area contributed by atoms with Crippen LogP contribution in [0.4, 0.5) is 0 Å². The Kier molecular flexibility index (Phi) is 4.76. The van der Waals surface area contributed by atoms with Crippen LogP contribution in [-0.4, -0.2) is 68.3 Å². The summed E-state index contributed by atoms with van der Waals surface area (Å²) < 4.78 is 12.6. The molecule has 0 unspecified atom stereocenters. The number of hydrogen-bond acceptors (Lipinski definition) is 7. The van der Waals surface area contributed by atoms with Gasteiger partial charge in [-0.1, -0.05) is 18.2 Å². The van der Waals surface area contributed by atoms with Gasteiger partial charge in [0.25, 0.3) is 0 Å². The molecule has 1 aromatic heterocycles. The van der Waals surface area contributed by atoms with E-state index in [4.69, 9.17) is 9.47 Å². The first-order valence-electron chi connectivity index (χ1n) is 10.0. The van der Waals surface area contributed by atoms with E-state index in [9.17, 15) is 20.4 Å². The second-order valence-electron chi connectivity index (χ2n) is 7.86. The van der Waals surface area contributed by atoms with E-state index in [0.29, 0.717) is 0 Å². The highest BCUT2D eigenvalue weighted by molar-refractivity contribution is 5.93. The van der Waals surface area contributed by atoms with Crippen molar-refractivity contribution >= 4 is 10.8 Å². The molecule has 4 N–H and O–H groups in total. The molecule has 1 fully saturated rings. The topological polar surface area (TPSA) is 117 Å². The van der Waals surface area contributed by atoms with Crippen molar-refractivity contribution in [1.29, 1.82) is 0 Å². The third-order valence-electron chi connectivity index (χ3n) is 6.22. The maximum Gasteiger partial charge on any atom is 0.179 e. The number of aryl methyl sites for hydroxylation is 2. The Labute approximate surface area is 172 Å². The van der Waals surface area contributed by atoms with E-state index in [1.54, 1.807) is 18.0 Å². The highest BCUT2D eigenvalue weighted by Crippen LogP contribution is 2.41. The minimum absolute atomic E-state index is 0.478. The predicted molar refractivity (Wildman–Crippen MR) is 108 cm³/mol. The second kappa shape index (κ2) is 7.33. The van der Waals surface area contributed by atoms with E-state index in [0.717, 1.165) is 46.2 Å². The van der Waals surface area contributed by atoms with Gasteiger partial charge in [0.2, 0.25) is 0 Å². The fourth-order valence-corrected chi connectivity index (χ4v) is 4.60. The molecule has 2 heterocycles. The summed E-state index contributed by atoms with van der Waals surface area (Å²) in [6.45, 7) is -0.478. The molecular formula is C22H24N2O6. The summed E-state index contributed by atoms with van der Waals surface area (Å²) in [6, 6.07) is 10.0. The number of rotatable bonds is 3. The Bertz CT molecular complexity index is 1090. The summed E-state index contributed by atoms with van der Waals surface area (Å²) in [5.41, 5.74) is 4.00. The lowest BCUT2D eigenvalue weighted by Crippen LogP contribution is -2.56. The first-order valence-corrected chi connectivity index (χ1v) is 10.0. The molecule has 2 aliphatic rings. The minimum Gasteiger partial charge on any atom is -0.497 e. The molecule has 158 valence electrons. The second-order valence-corrected chi connectivity index (χ2v) is 7.86. The van der Waals surface area contributed by atoms with Crippen LogP contribution in [0.25, 0.3) is 22.0 Å². The van der Waals surface area contributed by atoms with Gasteiger partial charge in [0.05, 0.1) is 25.6 Å². The average molecular weight is 412 g/mol. The van der Waals surface area contributed by atoms with Gasteiger partial charge in [0.1, 0.15) is 30.2 Å². The highest BCUT2D eigenvalue weighted by Gasteiger charge is 2.45. The molecule has 1 saturated heterocycles. The van der Waals surface area contributed by atoms with Crippen molar-refractivity contribution in [1.82, 2.24) is 9.78 Å². The summed E-state index contributed by atoms with van der Waals surface area (Å²) in [5.74, 6) is 0.797. The van der Waals surface area contributed by atoms with Gasteiger partial charge in [-0.3, -0.25) is 0 Å². The smallest absolute Gasteiger partial charge is 0.179 e. The molecule has 1 aliphatic heterocycles. The molecule has 0 radical (unpaired) electrons. The van der Waals surface area contributed by atoms with Crippen LogP contribution in [0.5, 0.6) is 5.75 Å². The van der Waals surface area contributed by atoms with Crippen molar-refractivity contribution in [2.75, 3.05) is 13.7 Å². The largest absolute Gasteiger partial charge is 0.497 e. The van der Waals surface area contributed by atoms with Gasteiger partial charge in [-0.25, -0.2) is 4.68 Å². The van der Waals surface area contributed by atoms with Crippen molar-refractivity contribution in [2.45, 2.75) is 43.5 Å². The summed E-state index contributed by atoms with van der Waals surface area (Å²) >= 11 is 0. The molecular weight excluding hydrogens is 388 g/mol. The van der Waals surface area contributed by atoms with Gasteiger partial charge in [-0.2, -0.15) is 5.10 Å². The zero-order valence-corrected chi connectivity index (χ0v) is 16.5. The molecule has 3 aromatic rings. The fourth-order valence-electron chi connectivity index (χ4n) is 4.60. The van der Waals surface area contributed by atoms with E-state index < -0.39 is 37.3 Å². The van der Waals surface area contributed by atoms with Crippen molar-refractivity contribution < 1.29 is 29.9 Å². The van der Waals surface area contributed by atoms with Crippen molar-refractivity contribution in [3.05, 3.63) is 47.7 Å². The summed E-state index contributed by atoms with van der Waals surface area (Å²) in [4.78, 5) is 0. The molecule has 0 amide bonds. The number of fused-ring (bicyclic) bond motifs is 5. The van der Waals surface area contributed by atoms with Crippen molar-refractivity contribution in [3.63, 3.8) is 0 Å². The van der Waals surface area contributed by atoms with Crippen molar-refractivity contribution in [3.8, 4) is 17.0 Å². The maximum atomic E-state index is 10.6. The lowest BCUT2D eigenvalue weighted by atomic mass is 9.86. The minimum atomic E-state index is -1.45. The number of hydrogen-bond donors (Lipinski definition) is 4. The lowest BCUT2D eigenvalue weighted by molar-refractivity contribution is -0.253. The van der Waals surface area contributed by atoms with Crippen LogP contribution >= 0.6 is 0 Å². The molecule has 8 heteroatoms. The molecule has 2 aromatic carbocycles. The SMILES string of the molecule is COc1ccc2c3c(ccc2c1)-c1c(cnn1[C@H]1O[C@H](CO)[C@@H](O)[C@H](O)[C@H]1O)CC3. The standard InChI is InChI=1S/C22H24N2O6/c1-29-13-4-7-14-11(8-13)2-6-16-15(14)5-3-12-9-23-24(18(12)16)22-21(28)20(27)19(26)17(10-25)30-22/h2,4,6-9,17,19-22,25-28H,3,5,10H2,1H3/t17-,19-,20+,21-,22+/m1/s1. The molecule has 8 nitrogen and oxygen atoms in total. The molecule has 1 aliphatic carbocycles. The van der Waals surface area contributed by atoms with E-state index in [2.05, 4.69) is 5.10 Å². The van der Waals surface area contributed by atoms with Gasteiger partial charge in [-0.15, -0.1) is 0 Å². The first-order chi connectivity index (χ1) is 14.5. The molecule has 5 atom stereocenters. The van der Waals surface area contributed by atoms with E-state index in [1.807, 2.05) is 30.3 Å². The van der Waals surface area contributed by atoms with Gasteiger partial charge >= 0.3 is 0 Å². The van der Waals surface area contributed by atoms with Crippen LogP contribution in [0.3, 0.4) is 0 Å². The van der Waals surface area contributed by atoms with Crippen molar-refractivity contribution in [2.24, 2.45) is 0 Å². The monoisotopic (exact) mass is 412 g/mol. The zero-order valence-electron chi connectivity index (χ0n) is 16.5. The van der Waals surface area contributed by atoms with Crippen LogP contribution < -0.4 is 4.74 Å². The Balaban J connectivity index is 1.62. The summed E-state index contributed by atoms with van der Waals surface area (Å²) in [5, 5.41) is 47.1. The van der Waals surface area contributed by atoms with Gasteiger partial charge < -0.3 is 29.9 Å². The third-order valence-corrected chi connectivity index (χ3v) is 6.22. The fraction of sp³-hybridized carbons (Fsp3) is 0.409. The van der Waals surface area contributed by atoms with Gasteiger partial charge in [0.15, 0.2) is 6.23 Å². The summed E-state index contributed by atoms with van der Waals surface area (Å²) in [6.07, 6.45) is -2.87. The number of ether oxygens (including phenoxy) is 2. The number of aromatic nitrogens is 2. The Hall–Kier alpha value is -2.49. The average Bonchev–Trinajstić information content (AvgIpc) is 3.21. The Morgan fingerprint density at radius 3 is 2.70 bits per heavy atom. The third kappa shape index (κ3) is 2.84. The first kappa shape index (κ1) is 19.5. The quantitative estimate of drug-likeness (QED) is 0.502. The van der Waals surface area contributed by atoms with Gasteiger partial charge in [-0.05, 0) is 46.9 Å². The molecule has 30 heavy (non-hydrogen) atoms. The number of methoxy groups -OCH3 is 1. The predicted octanol–water partition coefficient (Wildman–Crippen LogP) is 0.783. The lowest BCUT2D eigenvalue weighted by Gasteiger charge is -2.40. The maximum absolute atomic E-state index is 10.6.